The molecule has 4 rings (SSSR count). The molecule has 157 valence electrons. The molecule has 7 nitrogen and oxygen atoms in total. The Hall–Kier alpha value is -4.44. The molecule has 0 aliphatic heterocycles. The number of nitrogens with zero attached hydrogens (tertiary/aromatic N) is 3. The first kappa shape index (κ1) is 20.8. The fraction of sp³-hybridized carbons (Fsp3) is 0.0800. The second-order valence-electron chi connectivity index (χ2n) is 6.96. The number of amides is 1. The Bertz CT molecular complexity index is 1350. The van der Waals surface area contributed by atoms with Gasteiger partial charge in [-0.15, -0.1) is 0 Å². The maximum atomic E-state index is 11.2. The van der Waals surface area contributed by atoms with Crippen LogP contribution in [0.2, 0.25) is 0 Å². The third-order valence-electron chi connectivity index (χ3n) is 4.65. The van der Waals surface area contributed by atoms with Crippen molar-refractivity contribution in [3.63, 3.8) is 0 Å². The monoisotopic (exact) mass is 422 g/mol. The number of hydrogen-bond donors (Lipinski definition) is 2. The average molecular weight is 422 g/mol. The second-order valence-corrected chi connectivity index (χ2v) is 6.96. The van der Waals surface area contributed by atoms with Crippen LogP contribution < -0.4 is 15.8 Å². The van der Waals surface area contributed by atoms with Crippen LogP contribution in [-0.4, -0.2) is 20.9 Å². The van der Waals surface area contributed by atoms with Gasteiger partial charge in [0, 0.05) is 23.1 Å². The van der Waals surface area contributed by atoms with Crippen molar-refractivity contribution in [2.75, 3.05) is 5.32 Å². The highest BCUT2D eigenvalue weighted by Crippen LogP contribution is 2.29. The van der Waals surface area contributed by atoms with E-state index in [1.165, 1.54) is 18.6 Å². The molecule has 0 saturated carbocycles. The molecular weight excluding hydrogens is 402 g/mol. The van der Waals surface area contributed by atoms with Gasteiger partial charge in [-0.05, 0) is 61.0 Å². The van der Waals surface area contributed by atoms with E-state index in [0.717, 1.165) is 27.7 Å². The van der Waals surface area contributed by atoms with E-state index in [4.69, 9.17) is 10.5 Å². The molecule has 3 N–H and O–H groups in total. The fourth-order valence-corrected chi connectivity index (χ4v) is 3.08. The highest BCUT2D eigenvalue weighted by molar-refractivity contribution is 5.92. The number of primary amides is 1. The van der Waals surface area contributed by atoms with Gasteiger partial charge in [0.25, 0.3) is 5.91 Å². The Morgan fingerprint density at radius 3 is 2.69 bits per heavy atom. The van der Waals surface area contributed by atoms with Crippen molar-refractivity contribution >= 4 is 28.3 Å². The Labute approximate surface area is 185 Å². The number of pyridine rings is 1. The van der Waals surface area contributed by atoms with Crippen molar-refractivity contribution < 1.29 is 9.53 Å². The lowest BCUT2D eigenvalue weighted by molar-refractivity contribution is 0.0995. The number of rotatable bonds is 5. The Morgan fingerprint density at radius 1 is 1.09 bits per heavy atom. The number of aryl methyl sites for hydroxylation is 1. The number of anilines is 2. The van der Waals surface area contributed by atoms with Crippen molar-refractivity contribution in [3.8, 4) is 23.3 Å². The molecule has 7 heteroatoms. The molecule has 0 aliphatic carbocycles. The Balaban J connectivity index is 1.57. The van der Waals surface area contributed by atoms with Crippen LogP contribution in [0.4, 0.5) is 11.5 Å². The van der Waals surface area contributed by atoms with Crippen molar-refractivity contribution in [3.05, 3.63) is 84.3 Å². The molecule has 2 aromatic carbocycles. The average Bonchev–Trinajstić information content (AvgIpc) is 2.80. The van der Waals surface area contributed by atoms with Gasteiger partial charge in [-0.25, -0.2) is 15.0 Å². The molecule has 0 aliphatic rings. The molecule has 2 aromatic heterocycles. The van der Waals surface area contributed by atoms with Gasteiger partial charge >= 0.3 is 0 Å². The maximum absolute atomic E-state index is 11.2. The topological polar surface area (TPSA) is 103 Å². The van der Waals surface area contributed by atoms with Crippen molar-refractivity contribution in [2.45, 2.75) is 13.8 Å². The zero-order valence-corrected chi connectivity index (χ0v) is 17.6. The van der Waals surface area contributed by atoms with Crippen LogP contribution in [0, 0.1) is 25.2 Å². The lowest BCUT2D eigenvalue weighted by atomic mass is 10.1. The highest BCUT2D eigenvalue weighted by atomic mass is 16.5. The fourth-order valence-electron chi connectivity index (χ4n) is 3.08. The number of nitrogens with two attached hydrogens (primary N) is 1. The van der Waals surface area contributed by atoms with Crippen LogP contribution in [0.1, 0.15) is 28.5 Å². The van der Waals surface area contributed by atoms with Crippen molar-refractivity contribution in [2.24, 2.45) is 5.73 Å². The summed E-state index contributed by atoms with van der Waals surface area (Å²) < 4.78 is 5.89. The van der Waals surface area contributed by atoms with Gasteiger partial charge in [0.1, 0.15) is 29.3 Å². The van der Waals surface area contributed by atoms with E-state index in [9.17, 15) is 4.79 Å². The molecule has 0 atom stereocenters. The number of carbonyl (C=O) groups is 1. The first-order valence-corrected chi connectivity index (χ1v) is 9.89. The lowest BCUT2D eigenvalue weighted by Gasteiger charge is -2.12. The summed E-state index contributed by atoms with van der Waals surface area (Å²) in [5.74, 6) is 7.35. The van der Waals surface area contributed by atoms with Crippen molar-refractivity contribution in [1.29, 1.82) is 0 Å². The molecule has 0 bridgehead atoms. The Morgan fingerprint density at radius 2 is 1.97 bits per heavy atom. The molecule has 1 amide bonds. The largest absolute Gasteiger partial charge is 0.455 e. The minimum absolute atomic E-state index is 0.188. The summed E-state index contributed by atoms with van der Waals surface area (Å²) in [7, 11) is 0. The van der Waals surface area contributed by atoms with E-state index >= 15 is 0 Å². The number of carbonyl (C=O) groups excluding carboxylic acids is 1. The van der Waals surface area contributed by atoms with E-state index in [2.05, 4.69) is 32.1 Å². The standard InChI is InChI=1S/C25H20N5O2/c1-3-4-5-17-6-9-21-20(13-17)25(29-15-28-21)30-18-7-11-23(16(2)12-18)32-19-8-10-22(24(26)31)27-14-19/h3,6-15H,1-2H3,(H2,26,31)(H,28,29,30). The molecule has 2 heterocycles. The number of fused-ring (bicyclic) bond motifs is 1. The number of ether oxygens (including phenoxy) is 1. The third-order valence-corrected chi connectivity index (χ3v) is 4.65. The first-order chi connectivity index (χ1) is 15.5. The van der Waals surface area contributed by atoms with Crippen LogP contribution >= 0.6 is 0 Å². The SMILES string of the molecule is C[CH]C#Cc1ccc2ncnc(Nc3ccc(Oc4ccc(C(N)=O)nc4)c(C)c3)c2c1. The van der Waals surface area contributed by atoms with Gasteiger partial charge in [0.2, 0.25) is 0 Å². The number of hydrogen-bond acceptors (Lipinski definition) is 6. The van der Waals surface area contributed by atoms with Crippen LogP contribution in [0.3, 0.4) is 0 Å². The van der Waals surface area contributed by atoms with Gasteiger partial charge in [0.05, 0.1) is 11.7 Å². The van der Waals surface area contributed by atoms with Gasteiger partial charge in [-0.2, -0.15) is 0 Å². The predicted molar refractivity (Wildman–Crippen MR) is 124 cm³/mol. The number of nitrogens with one attached hydrogen (secondary N) is 1. The van der Waals surface area contributed by atoms with E-state index < -0.39 is 5.91 Å². The molecule has 32 heavy (non-hydrogen) atoms. The van der Waals surface area contributed by atoms with E-state index in [1.54, 1.807) is 12.5 Å². The molecular formula is C25H20N5O2. The summed E-state index contributed by atoms with van der Waals surface area (Å²) in [6, 6.07) is 14.8. The summed E-state index contributed by atoms with van der Waals surface area (Å²) in [5, 5.41) is 4.24. The molecule has 0 unspecified atom stereocenters. The maximum Gasteiger partial charge on any atom is 0.267 e. The predicted octanol–water partition coefficient (Wildman–Crippen LogP) is 4.54. The van der Waals surface area contributed by atoms with Gasteiger partial charge in [0.15, 0.2) is 0 Å². The van der Waals surface area contributed by atoms with Crippen molar-refractivity contribution in [1.82, 2.24) is 15.0 Å². The summed E-state index contributed by atoms with van der Waals surface area (Å²) in [6.07, 6.45) is 4.80. The smallest absolute Gasteiger partial charge is 0.267 e. The molecule has 0 saturated heterocycles. The number of benzene rings is 2. The van der Waals surface area contributed by atoms with Crippen LogP contribution in [-0.2, 0) is 0 Å². The number of aromatic nitrogens is 3. The van der Waals surface area contributed by atoms with E-state index in [-0.39, 0.29) is 5.69 Å². The van der Waals surface area contributed by atoms with E-state index in [0.29, 0.717) is 17.3 Å². The first-order valence-electron chi connectivity index (χ1n) is 9.89. The zero-order chi connectivity index (χ0) is 22.5. The lowest BCUT2D eigenvalue weighted by Crippen LogP contribution is -2.12. The summed E-state index contributed by atoms with van der Waals surface area (Å²) in [6.45, 7) is 3.84. The highest BCUT2D eigenvalue weighted by Gasteiger charge is 2.08. The summed E-state index contributed by atoms with van der Waals surface area (Å²) in [4.78, 5) is 23.9. The van der Waals surface area contributed by atoms with Crippen LogP contribution in [0.25, 0.3) is 10.9 Å². The minimum atomic E-state index is -0.580. The molecule has 0 spiro atoms. The molecule has 0 fully saturated rings. The summed E-state index contributed by atoms with van der Waals surface area (Å²) >= 11 is 0. The van der Waals surface area contributed by atoms with Gasteiger partial charge in [-0.1, -0.05) is 18.8 Å². The minimum Gasteiger partial charge on any atom is -0.455 e. The zero-order valence-electron chi connectivity index (χ0n) is 17.6. The van der Waals surface area contributed by atoms with E-state index in [1.807, 2.05) is 50.2 Å². The molecule has 4 aromatic rings. The second kappa shape index (κ2) is 9.14. The Kier molecular flexibility index (Phi) is 5.95. The normalized spacial score (nSPS) is 10.3. The van der Waals surface area contributed by atoms with Gasteiger partial charge in [-0.3, -0.25) is 4.79 Å². The molecule has 1 radical (unpaired) electrons. The van der Waals surface area contributed by atoms with Gasteiger partial charge < -0.3 is 15.8 Å². The van der Waals surface area contributed by atoms with Crippen LogP contribution in [0.15, 0.2) is 61.1 Å². The third kappa shape index (κ3) is 4.65. The van der Waals surface area contributed by atoms with Crippen LogP contribution in [0.5, 0.6) is 11.5 Å². The summed E-state index contributed by atoms with van der Waals surface area (Å²) in [5.41, 5.74) is 8.90. The quantitative estimate of drug-likeness (QED) is 0.458.